The monoisotopic (exact) mass is 391 g/mol. The van der Waals surface area contributed by atoms with Crippen molar-refractivity contribution in [3.63, 3.8) is 0 Å². The molecule has 8 heteroatoms. The van der Waals surface area contributed by atoms with Crippen molar-refractivity contribution >= 4 is 31.6 Å². The summed E-state index contributed by atoms with van der Waals surface area (Å²) >= 11 is 3.19. The SMILES string of the molecule is CCOc1ccc(Br)cc1S(=O)(=O)Nc1ccc(F)c(F)c1. The molecule has 2 aromatic rings. The molecule has 1 N–H and O–H groups in total. The number of benzene rings is 2. The van der Waals surface area contributed by atoms with Crippen LogP contribution in [0.1, 0.15) is 6.92 Å². The third-order valence-corrected chi connectivity index (χ3v) is 4.56. The van der Waals surface area contributed by atoms with E-state index in [-0.39, 0.29) is 22.9 Å². The van der Waals surface area contributed by atoms with E-state index in [0.29, 0.717) is 4.47 Å². The van der Waals surface area contributed by atoms with Crippen LogP contribution >= 0.6 is 15.9 Å². The lowest BCUT2D eigenvalue weighted by Gasteiger charge is -2.13. The van der Waals surface area contributed by atoms with Gasteiger partial charge in [0, 0.05) is 10.5 Å². The van der Waals surface area contributed by atoms with Crippen LogP contribution in [0.2, 0.25) is 0 Å². The van der Waals surface area contributed by atoms with Gasteiger partial charge in [-0.25, -0.2) is 17.2 Å². The van der Waals surface area contributed by atoms with Gasteiger partial charge in [-0.05, 0) is 37.3 Å². The molecule has 0 saturated carbocycles. The zero-order valence-electron chi connectivity index (χ0n) is 11.4. The number of hydrogen-bond donors (Lipinski definition) is 1. The van der Waals surface area contributed by atoms with Crippen molar-refractivity contribution in [1.82, 2.24) is 0 Å². The smallest absolute Gasteiger partial charge is 0.265 e. The normalized spacial score (nSPS) is 11.3. The minimum atomic E-state index is -4.01. The zero-order chi connectivity index (χ0) is 16.3. The largest absolute Gasteiger partial charge is 0.492 e. The molecule has 0 aromatic heterocycles. The molecule has 0 radical (unpaired) electrons. The Morgan fingerprint density at radius 2 is 1.86 bits per heavy atom. The van der Waals surface area contributed by atoms with Crippen molar-refractivity contribution in [3.05, 3.63) is 52.5 Å². The molecule has 0 unspecified atom stereocenters. The first-order valence-electron chi connectivity index (χ1n) is 6.23. The molecule has 0 amide bonds. The van der Waals surface area contributed by atoms with Crippen LogP contribution in [0.4, 0.5) is 14.5 Å². The molecular formula is C14H12BrF2NO3S. The molecule has 0 aliphatic carbocycles. The predicted octanol–water partition coefficient (Wildman–Crippen LogP) is 3.93. The fourth-order valence-corrected chi connectivity index (χ4v) is 3.47. The molecule has 0 aliphatic rings. The van der Waals surface area contributed by atoms with E-state index in [1.807, 2.05) is 0 Å². The molecule has 4 nitrogen and oxygen atoms in total. The maximum Gasteiger partial charge on any atom is 0.265 e. The minimum absolute atomic E-state index is 0.0821. The molecule has 0 heterocycles. The summed E-state index contributed by atoms with van der Waals surface area (Å²) in [6.45, 7) is 2.01. The Balaban J connectivity index is 2.41. The third kappa shape index (κ3) is 3.75. The number of anilines is 1. The summed E-state index contributed by atoms with van der Waals surface area (Å²) < 4.78 is 58.9. The Hall–Kier alpha value is -1.67. The van der Waals surface area contributed by atoms with E-state index in [1.54, 1.807) is 13.0 Å². The number of nitrogens with one attached hydrogen (secondary N) is 1. The summed E-state index contributed by atoms with van der Waals surface area (Å²) in [4.78, 5) is -0.103. The van der Waals surface area contributed by atoms with Crippen molar-refractivity contribution < 1.29 is 21.9 Å². The topological polar surface area (TPSA) is 55.4 Å². The van der Waals surface area contributed by atoms with E-state index in [1.165, 1.54) is 12.1 Å². The molecule has 22 heavy (non-hydrogen) atoms. The molecule has 0 fully saturated rings. The van der Waals surface area contributed by atoms with Gasteiger partial charge in [0.05, 0.1) is 12.3 Å². The van der Waals surface area contributed by atoms with E-state index >= 15 is 0 Å². The average Bonchev–Trinajstić information content (AvgIpc) is 2.45. The Kier molecular flexibility index (Phi) is 5.02. The van der Waals surface area contributed by atoms with E-state index in [0.717, 1.165) is 18.2 Å². The lowest BCUT2D eigenvalue weighted by molar-refractivity contribution is 0.331. The molecule has 0 aliphatic heterocycles. The van der Waals surface area contributed by atoms with Crippen molar-refractivity contribution in [1.29, 1.82) is 0 Å². The average molecular weight is 392 g/mol. The molecule has 2 rings (SSSR count). The van der Waals surface area contributed by atoms with Gasteiger partial charge >= 0.3 is 0 Å². The number of rotatable bonds is 5. The molecule has 0 bridgehead atoms. The van der Waals surface area contributed by atoms with Crippen LogP contribution in [0.25, 0.3) is 0 Å². The molecule has 0 spiro atoms. The summed E-state index contributed by atoms with van der Waals surface area (Å²) in [5.74, 6) is -2.03. The van der Waals surface area contributed by atoms with Crippen LogP contribution in [0.15, 0.2) is 45.8 Å². The quantitative estimate of drug-likeness (QED) is 0.839. The highest BCUT2D eigenvalue weighted by atomic mass is 79.9. The first kappa shape index (κ1) is 16.7. The summed E-state index contributed by atoms with van der Waals surface area (Å²) in [7, 11) is -4.01. The minimum Gasteiger partial charge on any atom is -0.492 e. The van der Waals surface area contributed by atoms with Gasteiger partial charge in [-0.2, -0.15) is 0 Å². The molecule has 118 valence electrons. The van der Waals surface area contributed by atoms with Crippen LogP contribution in [-0.2, 0) is 10.0 Å². The van der Waals surface area contributed by atoms with Crippen LogP contribution in [0, 0.1) is 11.6 Å². The second kappa shape index (κ2) is 6.62. The number of hydrogen-bond acceptors (Lipinski definition) is 3. The van der Waals surface area contributed by atoms with Gasteiger partial charge < -0.3 is 4.74 Å². The van der Waals surface area contributed by atoms with E-state index < -0.39 is 21.7 Å². The lowest BCUT2D eigenvalue weighted by atomic mass is 10.3. The van der Waals surface area contributed by atoms with Crippen molar-refractivity contribution in [2.24, 2.45) is 0 Å². The Labute approximate surface area is 135 Å². The fourth-order valence-electron chi connectivity index (χ4n) is 1.74. The summed E-state index contributed by atoms with van der Waals surface area (Å²) in [5.41, 5.74) is -0.0821. The maximum atomic E-state index is 13.2. The van der Waals surface area contributed by atoms with Gasteiger partial charge in [0.1, 0.15) is 10.6 Å². The molecule has 2 aromatic carbocycles. The standard InChI is InChI=1S/C14H12BrF2NO3S/c1-2-21-13-6-3-9(15)7-14(13)22(19,20)18-10-4-5-11(16)12(17)8-10/h3-8,18H,2H2,1H3. The first-order chi connectivity index (χ1) is 10.3. The van der Waals surface area contributed by atoms with E-state index in [9.17, 15) is 17.2 Å². The first-order valence-corrected chi connectivity index (χ1v) is 8.51. The zero-order valence-corrected chi connectivity index (χ0v) is 13.8. The summed E-state index contributed by atoms with van der Waals surface area (Å²) in [6.07, 6.45) is 0. The van der Waals surface area contributed by atoms with Gasteiger partial charge in [0.15, 0.2) is 11.6 Å². The summed E-state index contributed by atoms with van der Waals surface area (Å²) in [6, 6.07) is 7.26. The van der Waals surface area contributed by atoms with Crippen LogP contribution in [0.5, 0.6) is 5.75 Å². The van der Waals surface area contributed by atoms with E-state index in [2.05, 4.69) is 20.7 Å². The number of ether oxygens (including phenoxy) is 1. The highest BCUT2D eigenvalue weighted by molar-refractivity contribution is 9.10. The molecule has 0 atom stereocenters. The maximum absolute atomic E-state index is 13.2. The lowest BCUT2D eigenvalue weighted by Crippen LogP contribution is -2.15. The van der Waals surface area contributed by atoms with Crippen molar-refractivity contribution in [3.8, 4) is 5.75 Å². The van der Waals surface area contributed by atoms with E-state index in [4.69, 9.17) is 4.74 Å². The highest BCUT2D eigenvalue weighted by Gasteiger charge is 2.21. The Morgan fingerprint density at radius 1 is 1.14 bits per heavy atom. The van der Waals surface area contributed by atoms with Gasteiger partial charge in [-0.15, -0.1) is 0 Å². The fraction of sp³-hybridized carbons (Fsp3) is 0.143. The number of halogens is 3. The van der Waals surface area contributed by atoms with Gasteiger partial charge in [0.2, 0.25) is 0 Å². The van der Waals surface area contributed by atoms with Crippen LogP contribution < -0.4 is 9.46 Å². The second-order valence-corrected chi connectivity index (χ2v) is 6.82. The summed E-state index contributed by atoms with van der Waals surface area (Å²) in [5, 5.41) is 0. The van der Waals surface area contributed by atoms with Crippen molar-refractivity contribution in [2.75, 3.05) is 11.3 Å². The second-order valence-electron chi connectivity index (χ2n) is 4.26. The molecular weight excluding hydrogens is 380 g/mol. The van der Waals surface area contributed by atoms with Crippen LogP contribution in [-0.4, -0.2) is 15.0 Å². The van der Waals surface area contributed by atoms with Gasteiger partial charge in [-0.1, -0.05) is 15.9 Å². The Bertz CT molecular complexity index is 797. The predicted molar refractivity (Wildman–Crippen MR) is 82.5 cm³/mol. The Morgan fingerprint density at radius 3 is 2.50 bits per heavy atom. The molecule has 0 saturated heterocycles. The van der Waals surface area contributed by atoms with Gasteiger partial charge in [0.25, 0.3) is 10.0 Å². The van der Waals surface area contributed by atoms with Crippen molar-refractivity contribution in [2.45, 2.75) is 11.8 Å². The van der Waals surface area contributed by atoms with Crippen LogP contribution in [0.3, 0.4) is 0 Å². The highest BCUT2D eigenvalue weighted by Crippen LogP contribution is 2.29. The third-order valence-electron chi connectivity index (χ3n) is 2.67. The van der Waals surface area contributed by atoms with Gasteiger partial charge in [-0.3, -0.25) is 4.72 Å². The number of sulfonamides is 1.